The molecule has 0 saturated carbocycles. The van der Waals surface area contributed by atoms with Gasteiger partial charge in [0.1, 0.15) is 17.3 Å². The summed E-state index contributed by atoms with van der Waals surface area (Å²) in [4.78, 5) is 24.6. The smallest absolute Gasteiger partial charge is 0.353 e. The maximum absolute atomic E-state index is 13.3. The molecule has 0 radical (unpaired) electrons. The number of aromatic nitrogens is 5. The van der Waals surface area contributed by atoms with Crippen molar-refractivity contribution in [2.45, 2.75) is 110 Å². The van der Waals surface area contributed by atoms with Crippen LogP contribution in [0.4, 0.5) is 0 Å². The molecule has 39 heavy (non-hydrogen) atoms. The van der Waals surface area contributed by atoms with E-state index in [1.807, 2.05) is 31.2 Å². The van der Waals surface area contributed by atoms with Crippen molar-refractivity contribution in [3.05, 3.63) is 46.5 Å². The van der Waals surface area contributed by atoms with Crippen molar-refractivity contribution in [2.24, 2.45) is 0 Å². The van der Waals surface area contributed by atoms with E-state index in [2.05, 4.69) is 83.0 Å². The van der Waals surface area contributed by atoms with Crippen molar-refractivity contribution in [1.29, 1.82) is 0 Å². The Morgan fingerprint density at radius 1 is 0.974 bits per heavy atom. The molecule has 12 heteroatoms. The third kappa shape index (κ3) is 6.04. The number of benzene rings is 1. The lowest BCUT2D eigenvalue weighted by molar-refractivity contribution is -0.130. The van der Waals surface area contributed by atoms with E-state index in [9.17, 15) is 4.79 Å². The number of nitrogens with zero attached hydrogens (tertiary/aromatic N) is 5. The second-order valence-corrected chi connectivity index (χ2v) is 23.0. The first kappa shape index (κ1) is 29.6. The van der Waals surface area contributed by atoms with E-state index >= 15 is 0 Å². The highest BCUT2D eigenvalue weighted by Gasteiger charge is 2.49. The van der Waals surface area contributed by atoms with Crippen LogP contribution in [-0.2, 0) is 13.6 Å². The van der Waals surface area contributed by atoms with Gasteiger partial charge in [-0.3, -0.25) is 4.57 Å². The zero-order valence-electron chi connectivity index (χ0n) is 25.1. The first-order valence-corrected chi connectivity index (χ1v) is 19.3. The number of hydrogen-bond acceptors (Lipinski definition) is 8. The predicted octanol–water partition coefficient (Wildman–Crippen LogP) is 5.80. The van der Waals surface area contributed by atoms with Gasteiger partial charge in [0.15, 0.2) is 22.9 Å². The minimum absolute atomic E-state index is 0.00450. The topological polar surface area (TPSA) is 103 Å². The Balaban J connectivity index is 1.62. The Bertz CT molecular complexity index is 1350. The first-order valence-electron chi connectivity index (χ1n) is 13.5. The van der Waals surface area contributed by atoms with Crippen molar-refractivity contribution < 1.29 is 18.4 Å². The fraction of sp³-hybridized carbons (Fsp3) is 0.630. The molecule has 0 unspecified atom stereocenters. The van der Waals surface area contributed by atoms with Gasteiger partial charge in [0.25, 0.3) is 5.88 Å². The van der Waals surface area contributed by atoms with Gasteiger partial charge in [-0.05, 0) is 60.5 Å². The largest absolute Gasteiger partial charge is 0.409 e. The molecule has 1 fully saturated rings. The minimum atomic E-state index is -2.18. The average Bonchev–Trinajstić information content (AvgIpc) is 3.38. The molecule has 3 aromatic rings. The molecule has 4 rings (SSSR count). The van der Waals surface area contributed by atoms with Crippen LogP contribution < -0.4 is 10.5 Å². The Morgan fingerprint density at radius 2 is 1.59 bits per heavy atom. The molecule has 0 aliphatic carbocycles. The van der Waals surface area contributed by atoms with E-state index in [-0.39, 0.29) is 22.1 Å². The summed E-state index contributed by atoms with van der Waals surface area (Å²) < 4.78 is 21.5. The van der Waals surface area contributed by atoms with Crippen LogP contribution in [0.1, 0.15) is 59.8 Å². The number of para-hydroxylation sites is 1. The maximum Gasteiger partial charge on any atom is 0.353 e. The lowest BCUT2D eigenvalue weighted by atomic mass is 10.2. The number of aryl methyl sites for hydroxylation is 1. The normalized spacial score (nSPS) is 21.1. The predicted molar refractivity (Wildman–Crippen MR) is 156 cm³/mol. The SMILES string of the molecule is Cc1cn([C@@H]2C[C@@H](O[Si](C)(C)C(C)(C)C)[C@@H](O[Si](C)(C)C(C)(C)C)O2)c(=O)nc1On1nnc2ccccc21. The molecule has 3 atom stereocenters. The van der Waals surface area contributed by atoms with Crippen molar-refractivity contribution in [2.75, 3.05) is 0 Å². The van der Waals surface area contributed by atoms with Gasteiger partial charge in [0.2, 0.25) is 0 Å². The number of hydrogen-bond donors (Lipinski definition) is 0. The molecule has 1 aliphatic heterocycles. The monoisotopic (exact) mass is 573 g/mol. The van der Waals surface area contributed by atoms with E-state index in [4.69, 9.17) is 18.4 Å². The van der Waals surface area contributed by atoms with Gasteiger partial charge >= 0.3 is 5.69 Å². The number of ether oxygens (including phenoxy) is 1. The van der Waals surface area contributed by atoms with Crippen LogP contribution in [0.2, 0.25) is 36.3 Å². The summed E-state index contributed by atoms with van der Waals surface area (Å²) in [6.45, 7) is 23.9. The van der Waals surface area contributed by atoms with E-state index < -0.39 is 34.8 Å². The van der Waals surface area contributed by atoms with Crippen LogP contribution in [0.25, 0.3) is 11.0 Å². The second-order valence-electron chi connectivity index (χ2n) is 13.5. The molecular formula is C27H43N5O5Si2. The number of rotatable bonds is 7. The van der Waals surface area contributed by atoms with Crippen molar-refractivity contribution in [1.82, 2.24) is 24.7 Å². The molecule has 2 aromatic heterocycles. The van der Waals surface area contributed by atoms with Crippen molar-refractivity contribution in [3.63, 3.8) is 0 Å². The summed E-state index contributed by atoms with van der Waals surface area (Å²) in [5.74, 6) is 0.160. The molecule has 0 spiro atoms. The molecule has 3 heterocycles. The molecule has 0 N–H and O–H groups in total. The lowest BCUT2D eigenvalue weighted by Gasteiger charge is -2.42. The van der Waals surface area contributed by atoms with E-state index in [0.29, 0.717) is 23.0 Å². The maximum atomic E-state index is 13.3. The molecule has 0 bridgehead atoms. The van der Waals surface area contributed by atoms with Crippen LogP contribution in [0.3, 0.4) is 0 Å². The third-order valence-corrected chi connectivity index (χ3v) is 17.3. The van der Waals surface area contributed by atoms with Gasteiger partial charge < -0.3 is 18.4 Å². The van der Waals surface area contributed by atoms with Gasteiger partial charge in [-0.1, -0.05) is 58.5 Å². The molecule has 10 nitrogen and oxygen atoms in total. The van der Waals surface area contributed by atoms with Crippen LogP contribution in [0, 0.1) is 6.92 Å². The summed E-state index contributed by atoms with van der Waals surface area (Å²) in [6.07, 6.45) is 0.756. The zero-order chi connectivity index (χ0) is 29.0. The van der Waals surface area contributed by atoms with Gasteiger partial charge in [-0.2, -0.15) is 4.98 Å². The molecular weight excluding hydrogens is 530 g/mol. The highest BCUT2D eigenvalue weighted by molar-refractivity contribution is 6.74. The van der Waals surface area contributed by atoms with E-state index in [1.54, 1.807) is 6.20 Å². The quantitative estimate of drug-likeness (QED) is 0.327. The Hall–Kier alpha value is -2.39. The molecule has 214 valence electrons. The molecule has 1 aromatic carbocycles. The summed E-state index contributed by atoms with van der Waals surface area (Å²) in [6, 6.07) is 7.41. The minimum Gasteiger partial charge on any atom is -0.409 e. The van der Waals surface area contributed by atoms with Crippen molar-refractivity contribution in [3.8, 4) is 5.88 Å². The Morgan fingerprint density at radius 3 is 2.23 bits per heavy atom. The van der Waals surface area contributed by atoms with Crippen molar-refractivity contribution >= 4 is 27.7 Å². The highest BCUT2D eigenvalue weighted by atomic mass is 28.4. The summed E-state index contributed by atoms with van der Waals surface area (Å²) in [5.41, 5.74) is 1.54. The summed E-state index contributed by atoms with van der Waals surface area (Å²) >= 11 is 0. The van der Waals surface area contributed by atoms with Gasteiger partial charge in [0, 0.05) is 18.2 Å². The Kier molecular flexibility index (Phi) is 7.76. The first-order chi connectivity index (χ1) is 17.9. The molecule has 1 saturated heterocycles. The Labute approximate surface area is 232 Å². The van der Waals surface area contributed by atoms with E-state index in [1.165, 1.54) is 9.41 Å². The van der Waals surface area contributed by atoms with Crippen LogP contribution >= 0.6 is 0 Å². The molecule has 0 amide bonds. The average molecular weight is 574 g/mol. The second kappa shape index (κ2) is 10.2. The standard InChI is InChI=1S/C27H43N5O5Si2/c1-18-17-31(25(33)28-23(18)35-32-20-15-13-12-14-19(20)29-30-32)22-16-21(36-38(8,9)26(2,3)4)24(34-22)37-39(10,11)27(5,6)7/h12-15,17,21-22,24H,16H2,1-11H3/t21-,22+,24-/m1/s1. The van der Waals surface area contributed by atoms with Gasteiger partial charge in [-0.15, -0.1) is 5.10 Å². The third-order valence-electron chi connectivity index (χ3n) is 8.39. The molecule has 1 aliphatic rings. The van der Waals surface area contributed by atoms with Gasteiger partial charge in [-0.25, -0.2) is 4.79 Å². The fourth-order valence-corrected chi connectivity index (χ4v) is 6.32. The van der Waals surface area contributed by atoms with Crippen LogP contribution in [-0.4, -0.2) is 53.7 Å². The lowest BCUT2D eigenvalue weighted by Crippen LogP contribution is -2.50. The van der Waals surface area contributed by atoms with Crippen LogP contribution in [0.15, 0.2) is 35.3 Å². The zero-order valence-corrected chi connectivity index (χ0v) is 27.1. The number of fused-ring (bicyclic) bond motifs is 1. The highest BCUT2D eigenvalue weighted by Crippen LogP contribution is 2.44. The summed E-state index contributed by atoms with van der Waals surface area (Å²) in [7, 11) is -4.32. The van der Waals surface area contributed by atoms with Crippen LogP contribution in [0.5, 0.6) is 5.88 Å². The fourth-order valence-electron chi connectivity index (χ4n) is 3.86. The van der Waals surface area contributed by atoms with Gasteiger partial charge in [0.05, 0.1) is 6.10 Å². The van der Waals surface area contributed by atoms with E-state index in [0.717, 1.165) is 0 Å². The summed E-state index contributed by atoms with van der Waals surface area (Å²) in [5, 5.41) is 8.14.